The first-order valence-electron chi connectivity index (χ1n) is 5.74. The SMILES string of the molecule is Cn1cc(Br)cc1C(=O)NCC1(C)CCCS1. The summed E-state index contributed by atoms with van der Waals surface area (Å²) in [5.41, 5.74) is 0.698. The van der Waals surface area contributed by atoms with E-state index in [0.717, 1.165) is 11.0 Å². The van der Waals surface area contributed by atoms with Crippen LogP contribution in [0.3, 0.4) is 0 Å². The lowest BCUT2D eigenvalue weighted by atomic mass is 10.1. The average molecular weight is 317 g/mol. The second-order valence-electron chi connectivity index (χ2n) is 4.74. The summed E-state index contributed by atoms with van der Waals surface area (Å²) in [6, 6.07) is 1.85. The van der Waals surface area contributed by atoms with Gasteiger partial charge in [-0.3, -0.25) is 4.79 Å². The average Bonchev–Trinajstić information content (AvgIpc) is 2.83. The molecule has 2 heterocycles. The van der Waals surface area contributed by atoms with Gasteiger partial charge in [0.2, 0.25) is 0 Å². The molecular weight excluding hydrogens is 300 g/mol. The lowest BCUT2D eigenvalue weighted by molar-refractivity contribution is 0.0942. The number of hydrogen-bond donors (Lipinski definition) is 1. The van der Waals surface area contributed by atoms with Gasteiger partial charge in [0.25, 0.3) is 5.91 Å². The third kappa shape index (κ3) is 3.07. The highest BCUT2D eigenvalue weighted by atomic mass is 79.9. The van der Waals surface area contributed by atoms with E-state index in [1.165, 1.54) is 18.6 Å². The van der Waals surface area contributed by atoms with Gasteiger partial charge in [-0.1, -0.05) is 0 Å². The third-order valence-corrected chi connectivity index (χ3v) is 5.10. The number of nitrogens with zero attached hydrogens (tertiary/aromatic N) is 1. The van der Waals surface area contributed by atoms with Crippen molar-refractivity contribution in [2.75, 3.05) is 12.3 Å². The molecule has 1 N–H and O–H groups in total. The molecule has 3 nitrogen and oxygen atoms in total. The van der Waals surface area contributed by atoms with Gasteiger partial charge in [-0.15, -0.1) is 0 Å². The van der Waals surface area contributed by atoms with Crippen LogP contribution >= 0.6 is 27.7 Å². The molecule has 1 atom stereocenters. The van der Waals surface area contributed by atoms with Crippen molar-refractivity contribution in [2.45, 2.75) is 24.5 Å². The molecule has 17 heavy (non-hydrogen) atoms. The summed E-state index contributed by atoms with van der Waals surface area (Å²) in [6.07, 6.45) is 4.34. The quantitative estimate of drug-likeness (QED) is 0.930. The van der Waals surface area contributed by atoms with Crippen molar-refractivity contribution in [3.8, 4) is 0 Å². The number of halogens is 1. The van der Waals surface area contributed by atoms with Crippen molar-refractivity contribution in [1.82, 2.24) is 9.88 Å². The molecule has 1 aromatic heterocycles. The number of rotatable bonds is 3. The second kappa shape index (κ2) is 5.06. The minimum atomic E-state index is 0.00641. The van der Waals surface area contributed by atoms with Crippen LogP contribution in [-0.4, -0.2) is 27.5 Å². The van der Waals surface area contributed by atoms with Crippen molar-refractivity contribution in [2.24, 2.45) is 7.05 Å². The molecular formula is C12H17BrN2OS. The maximum atomic E-state index is 12.0. The molecule has 0 radical (unpaired) electrons. The Morgan fingerprint density at radius 1 is 1.71 bits per heavy atom. The first-order valence-corrected chi connectivity index (χ1v) is 7.52. The fourth-order valence-electron chi connectivity index (χ4n) is 2.08. The second-order valence-corrected chi connectivity index (χ2v) is 7.34. The van der Waals surface area contributed by atoms with Crippen LogP contribution < -0.4 is 5.32 Å². The zero-order valence-corrected chi connectivity index (χ0v) is 12.5. The minimum absolute atomic E-state index is 0.00641. The monoisotopic (exact) mass is 316 g/mol. The van der Waals surface area contributed by atoms with Crippen LogP contribution in [0.1, 0.15) is 30.3 Å². The van der Waals surface area contributed by atoms with Crippen LogP contribution in [0.15, 0.2) is 16.7 Å². The predicted octanol–water partition coefficient (Wildman–Crippen LogP) is 2.80. The van der Waals surface area contributed by atoms with Gasteiger partial charge >= 0.3 is 0 Å². The Balaban J connectivity index is 1.95. The first kappa shape index (κ1) is 13.0. The van der Waals surface area contributed by atoms with E-state index >= 15 is 0 Å². The van der Waals surface area contributed by atoms with E-state index in [1.807, 2.05) is 35.6 Å². The topological polar surface area (TPSA) is 34.0 Å². The summed E-state index contributed by atoms with van der Waals surface area (Å²) < 4.78 is 2.99. The van der Waals surface area contributed by atoms with Crippen molar-refractivity contribution in [1.29, 1.82) is 0 Å². The molecule has 1 aliphatic heterocycles. The van der Waals surface area contributed by atoms with E-state index in [0.29, 0.717) is 5.69 Å². The van der Waals surface area contributed by atoms with Crippen LogP contribution in [-0.2, 0) is 7.05 Å². The molecule has 0 bridgehead atoms. The molecule has 1 unspecified atom stereocenters. The molecule has 1 aliphatic rings. The van der Waals surface area contributed by atoms with Crippen LogP contribution in [0, 0.1) is 0 Å². The molecule has 0 aliphatic carbocycles. The highest BCUT2D eigenvalue weighted by molar-refractivity contribution is 9.10. The lowest BCUT2D eigenvalue weighted by Gasteiger charge is -2.22. The number of hydrogen-bond acceptors (Lipinski definition) is 2. The smallest absolute Gasteiger partial charge is 0.267 e. The molecule has 1 saturated heterocycles. The van der Waals surface area contributed by atoms with E-state index in [1.54, 1.807) is 0 Å². The molecule has 0 spiro atoms. The Hall–Kier alpha value is -0.420. The molecule has 1 fully saturated rings. The fraction of sp³-hybridized carbons (Fsp3) is 0.583. The standard InChI is InChI=1S/C12H17BrN2OS/c1-12(4-3-5-17-12)8-14-11(16)10-6-9(13)7-15(10)2/h6-7H,3-5,8H2,1-2H3,(H,14,16). The Morgan fingerprint density at radius 3 is 3.00 bits per heavy atom. The highest BCUT2D eigenvalue weighted by Crippen LogP contribution is 2.36. The van der Waals surface area contributed by atoms with Crippen LogP contribution in [0.2, 0.25) is 0 Å². The zero-order valence-electron chi connectivity index (χ0n) is 10.1. The summed E-state index contributed by atoms with van der Waals surface area (Å²) in [4.78, 5) is 12.0. The van der Waals surface area contributed by atoms with E-state index in [2.05, 4.69) is 28.2 Å². The van der Waals surface area contributed by atoms with Gasteiger partial charge in [-0.05, 0) is 47.5 Å². The summed E-state index contributed by atoms with van der Waals surface area (Å²) >= 11 is 5.33. The number of nitrogens with one attached hydrogen (secondary N) is 1. The number of amides is 1. The van der Waals surface area contributed by atoms with Crippen LogP contribution in [0.4, 0.5) is 0 Å². The maximum Gasteiger partial charge on any atom is 0.267 e. The number of aromatic nitrogens is 1. The van der Waals surface area contributed by atoms with Crippen molar-refractivity contribution in [3.63, 3.8) is 0 Å². The van der Waals surface area contributed by atoms with Crippen molar-refractivity contribution in [3.05, 3.63) is 22.4 Å². The van der Waals surface area contributed by atoms with Gasteiger partial charge in [-0.2, -0.15) is 11.8 Å². The number of thioether (sulfide) groups is 1. The predicted molar refractivity (Wildman–Crippen MR) is 75.5 cm³/mol. The molecule has 5 heteroatoms. The molecule has 0 saturated carbocycles. The van der Waals surface area contributed by atoms with Gasteiger partial charge in [0, 0.05) is 29.0 Å². The van der Waals surface area contributed by atoms with Gasteiger partial charge in [-0.25, -0.2) is 0 Å². The normalized spacial score (nSPS) is 23.9. The Labute approximate surface area is 114 Å². The fourth-order valence-corrected chi connectivity index (χ4v) is 3.85. The lowest BCUT2D eigenvalue weighted by Crippen LogP contribution is -2.37. The summed E-state index contributed by atoms with van der Waals surface area (Å²) in [5, 5.41) is 3.03. The summed E-state index contributed by atoms with van der Waals surface area (Å²) in [7, 11) is 1.88. The zero-order chi connectivity index (χ0) is 12.5. The molecule has 1 aromatic rings. The van der Waals surface area contributed by atoms with E-state index in [4.69, 9.17) is 0 Å². The first-order chi connectivity index (χ1) is 8.00. The van der Waals surface area contributed by atoms with Gasteiger partial charge in [0.1, 0.15) is 5.69 Å². The minimum Gasteiger partial charge on any atom is -0.349 e. The molecule has 1 amide bonds. The molecule has 94 valence electrons. The summed E-state index contributed by atoms with van der Waals surface area (Å²) in [6.45, 7) is 2.98. The van der Waals surface area contributed by atoms with Crippen molar-refractivity contribution >= 4 is 33.6 Å². The van der Waals surface area contributed by atoms with Crippen LogP contribution in [0.5, 0.6) is 0 Å². The van der Waals surface area contributed by atoms with E-state index in [9.17, 15) is 4.79 Å². The number of carbonyl (C=O) groups is 1. The van der Waals surface area contributed by atoms with E-state index < -0.39 is 0 Å². The third-order valence-electron chi connectivity index (χ3n) is 3.13. The summed E-state index contributed by atoms with van der Waals surface area (Å²) in [5.74, 6) is 1.22. The van der Waals surface area contributed by atoms with E-state index in [-0.39, 0.29) is 10.7 Å². The van der Waals surface area contributed by atoms with Gasteiger partial charge in [0.05, 0.1) is 0 Å². The van der Waals surface area contributed by atoms with Crippen LogP contribution in [0.25, 0.3) is 0 Å². The van der Waals surface area contributed by atoms with Gasteiger partial charge < -0.3 is 9.88 Å². The van der Waals surface area contributed by atoms with Crippen molar-refractivity contribution < 1.29 is 4.79 Å². The Morgan fingerprint density at radius 2 is 2.47 bits per heavy atom. The maximum absolute atomic E-state index is 12.0. The highest BCUT2D eigenvalue weighted by Gasteiger charge is 2.30. The van der Waals surface area contributed by atoms with Gasteiger partial charge in [0.15, 0.2) is 0 Å². The molecule has 2 rings (SSSR count). The number of aryl methyl sites for hydroxylation is 1. The molecule has 0 aromatic carbocycles. The largest absolute Gasteiger partial charge is 0.349 e. The Kier molecular flexibility index (Phi) is 3.88. The number of carbonyl (C=O) groups excluding carboxylic acids is 1. The Bertz CT molecular complexity index is 424.